The predicted molar refractivity (Wildman–Crippen MR) is 74.7 cm³/mol. The Bertz CT molecular complexity index is 685. The van der Waals surface area contributed by atoms with E-state index in [1.165, 1.54) is 6.07 Å². The van der Waals surface area contributed by atoms with E-state index in [1.807, 2.05) is 31.2 Å². The highest BCUT2D eigenvalue weighted by Crippen LogP contribution is 2.31. The van der Waals surface area contributed by atoms with Crippen molar-refractivity contribution in [1.82, 2.24) is 0 Å². The van der Waals surface area contributed by atoms with Crippen LogP contribution in [0.5, 0.6) is 0 Å². The molecule has 0 aliphatic carbocycles. The van der Waals surface area contributed by atoms with Crippen molar-refractivity contribution in [2.75, 3.05) is 5.32 Å². The Kier molecular flexibility index (Phi) is 4.18. The second-order valence-electron chi connectivity index (χ2n) is 4.65. The molecule has 0 bridgehead atoms. The zero-order valence-electron chi connectivity index (χ0n) is 11.3. The van der Waals surface area contributed by atoms with Crippen LogP contribution in [0.15, 0.2) is 42.5 Å². The third-order valence-electron chi connectivity index (χ3n) is 3.20. The molecule has 0 amide bonds. The number of hydrogen-bond acceptors (Lipinski definition) is 2. The van der Waals surface area contributed by atoms with E-state index >= 15 is 0 Å². The molecule has 2 aromatic rings. The minimum absolute atomic E-state index is 0.0154. The topological polar surface area (TPSA) is 35.8 Å². The van der Waals surface area contributed by atoms with E-state index in [9.17, 15) is 13.2 Å². The average Bonchev–Trinajstić information content (AvgIpc) is 2.45. The van der Waals surface area contributed by atoms with Crippen LogP contribution < -0.4 is 5.32 Å². The van der Waals surface area contributed by atoms with Gasteiger partial charge in [-0.05, 0) is 36.2 Å². The lowest BCUT2D eigenvalue weighted by Crippen LogP contribution is -2.07. The standard InChI is InChI=1S/C16H13F3N2/c1-11-4-2-3-5-12(11)10-21-15-7-6-14(16(17,18)19)8-13(15)9-20/h2-8,21H,10H2,1H3. The van der Waals surface area contributed by atoms with Gasteiger partial charge < -0.3 is 5.32 Å². The number of benzene rings is 2. The van der Waals surface area contributed by atoms with E-state index in [-0.39, 0.29) is 5.56 Å². The molecule has 2 aromatic carbocycles. The molecule has 0 aliphatic heterocycles. The maximum Gasteiger partial charge on any atom is 0.416 e. The number of aryl methyl sites for hydroxylation is 1. The Hall–Kier alpha value is -2.48. The molecule has 5 heteroatoms. The fraction of sp³-hybridized carbons (Fsp3) is 0.188. The minimum atomic E-state index is -4.44. The SMILES string of the molecule is Cc1ccccc1CNc1ccc(C(F)(F)F)cc1C#N. The lowest BCUT2D eigenvalue weighted by atomic mass is 10.1. The summed E-state index contributed by atoms with van der Waals surface area (Å²) < 4.78 is 37.8. The maximum atomic E-state index is 12.6. The maximum absolute atomic E-state index is 12.6. The molecule has 0 heterocycles. The molecule has 1 N–H and O–H groups in total. The van der Waals surface area contributed by atoms with Crippen LogP contribution in [0.4, 0.5) is 18.9 Å². The fourth-order valence-corrected chi connectivity index (χ4v) is 1.97. The highest BCUT2D eigenvalue weighted by atomic mass is 19.4. The van der Waals surface area contributed by atoms with Crippen LogP contribution in [-0.2, 0) is 12.7 Å². The first-order chi connectivity index (χ1) is 9.91. The lowest BCUT2D eigenvalue weighted by Gasteiger charge is -2.12. The second-order valence-corrected chi connectivity index (χ2v) is 4.65. The van der Waals surface area contributed by atoms with Gasteiger partial charge in [0.25, 0.3) is 0 Å². The van der Waals surface area contributed by atoms with Crippen molar-refractivity contribution in [2.24, 2.45) is 0 Å². The van der Waals surface area contributed by atoms with Crippen LogP contribution in [0.25, 0.3) is 0 Å². The summed E-state index contributed by atoms with van der Waals surface area (Å²) in [6, 6.07) is 12.6. The molecular formula is C16H13F3N2. The first-order valence-corrected chi connectivity index (χ1v) is 6.31. The largest absolute Gasteiger partial charge is 0.416 e. The zero-order valence-corrected chi connectivity index (χ0v) is 11.3. The second kappa shape index (κ2) is 5.88. The normalized spacial score (nSPS) is 11.0. The Balaban J connectivity index is 2.22. The quantitative estimate of drug-likeness (QED) is 0.903. The fourth-order valence-electron chi connectivity index (χ4n) is 1.97. The van der Waals surface area contributed by atoms with Crippen molar-refractivity contribution < 1.29 is 13.2 Å². The first kappa shape index (κ1) is 14.9. The zero-order chi connectivity index (χ0) is 15.5. The molecule has 108 valence electrons. The van der Waals surface area contributed by atoms with Gasteiger partial charge >= 0.3 is 6.18 Å². The molecule has 0 aromatic heterocycles. The number of halogens is 3. The summed E-state index contributed by atoms with van der Waals surface area (Å²) in [5, 5.41) is 12.0. The summed E-state index contributed by atoms with van der Waals surface area (Å²) in [7, 11) is 0. The summed E-state index contributed by atoms with van der Waals surface area (Å²) in [5.41, 5.74) is 1.67. The third kappa shape index (κ3) is 3.54. The molecule has 0 saturated heterocycles. The first-order valence-electron chi connectivity index (χ1n) is 6.31. The number of nitrogens with zero attached hydrogens (tertiary/aromatic N) is 1. The molecular weight excluding hydrogens is 277 g/mol. The van der Waals surface area contributed by atoms with E-state index in [2.05, 4.69) is 5.32 Å². The Labute approximate surface area is 120 Å². The van der Waals surface area contributed by atoms with Gasteiger partial charge in [-0.2, -0.15) is 18.4 Å². The van der Waals surface area contributed by atoms with Gasteiger partial charge in [-0.25, -0.2) is 0 Å². The molecule has 2 rings (SSSR count). The number of alkyl halides is 3. The van der Waals surface area contributed by atoms with E-state index in [1.54, 1.807) is 6.07 Å². The Morgan fingerprint density at radius 3 is 2.48 bits per heavy atom. The van der Waals surface area contributed by atoms with E-state index < -0.39 is 11.7 Å². The molecule has 0 atom stereocenters. The van der Waals surface area contributed by atoms with Crippen LogP contribution in [0.1, 0.15) is 22.3 Å². The molecule has 0 unspecified atom stereocenters. The van der Waals surface area contributed by atoms with Crippen molar-refractivity contribution in [3.05, 3.63) is 64.7 Å². The summed E-state index contributed by atoms with van der Waals surface area (Å²) in [6.07, 6.45) is -4.44. The van der Waals surface area contributed by atoms with Crippen LogP contribution in [0, 0.1) is 18.3 Å². The van der Waals surface area contributed by atoms with Crippen molar-refractivity contribution >= 4 is 5.69 Å². The van der Waals surface area contributed by atoms with Gasteiger partial charge in [-0.1, -0.05) is 24.3 Å². The van der Waals surface area contributed by atoms with Crippen molar-refractivity contribution in [3.63, 3.8) is 0 Å². The minimum Gasteiger partial charge on any atom is -0.380 e. The van der Waals surface area contributed by atoms with Crippen molar-refractivity contribution in [2.45, 2.75) is 19.6 Å². The summed E-state index contributed by atoms with van der Waals surface area (Å²) in [6.45, 7) is 2.40. The third-order valence-corrected chi connectivity index (χ3v) is 3.20. The monoisotopic (exact) mass is 290 g/mol. The van der Waals surface area contributed by atoms with Crippen molar-refractivity contribution in [1.29, 1.82) is 5.26 Å². The van der Waals surface area contributed by atoms with Gasteiger partial charge in [0.1, 0.15) is 6.07 Å². The Morgan fingerprint density at radius 1 is 1.14 bits per heavy atom. The lowest BCUT2D eigenvalue weighted by molar-refractivity contribution is -0.137. The van der Waals surface area contributed by atoms with E-state index in [0.717, 1.165) is 23.3 Å². The smallest absolute Gasteiger partial charge is 0.380 e. The van der Waals surface area contributed by atoms with Gasteiger partial charge in [-0.3, -0.25) is 0 Å². The van der Waals surface area contributed by atoms with Gasteiger partial charge in [-0.15, -0.1) is 0 Å². The summed E-state index contributed by atoms with van der Waals surface area (Å²) in [5.74, 6) is 0. The van der Waals surface area contributed by atoms with Gasteiger partial charge in [0.2, 0.25) is 0 Å². The van der Waals surface area contributed by atoms with E-state index in [0.29, 0.717) is 12.2 Å². The van der Waals surface area contributed by atoms with Crippen LogP contribution >= 0.6 is 0 Å². The van der Waals surface area contributed by atoms with Gasteiger partial charge in [0, 0.05) is 6.54 Å². The number of hydrogen-bond donors (Lipinski definition) is 1. The number of anilines is 1. The average molecular weight is 290 g/mol. The summed E-state index contributed by atoms with van der Waals surface area (Å²) >= 11 is 0. The molecule has 0 radical (unpaired) electrons. The number of nitrogens with one attached hydrogen (secondary N) is 1. The van der Waals surface area contributed by atoms with Crippen LogP contribution in [-0.4, -0.2) is 0 Å². The summed E-state index contributed by atoms with van der Waals surface area (Å²) in [4.78, 5) is 0. The van der Waals surface area contributed by atoms with Crippen molar-refractivity contribution in [3.8, 4) is 6.07 Å². The molecule has 0 saturated carbocycles. The number of nitriles is 1. The number of rotatable bonds is 3. The van der Waals surface area contributed by atoms with Gasteiger partial charge in [0.05, 0.1) is 16.8 Å². The highest BCUT2D eigenvalue weighted by molar-refractivity contribution is 5.59. The highest BCUT2D eigenvalue weighted by Gasteiger charge is 2.31. The van der Waals surface area contributed by atoms with Crippen LogP contribution in [0.2, 0.25) is 0 Å². The van der Waals surface area contributed by atoms with E-state index in [4.69, 9.17) is 5.26 Å². The molecule has 0 fully saturated rings. The molecule has 0 spiro atoms. The predicted octanol–water partition coefficient (Wildman–Crippen LogP) is 4.50. The Morgan fingerprint density at radius 2 is 1.86 bits per heavy atom. The molecule has 2 nitrogen and oxygen atoms in total. The van der Waals surface area contributed by atoms with Gasteiger partial charge in [0.15, 0.2) is 0 Å². The molecule has 0 aliphatic rings. The molecule has 21 heavy (non-hydrogen) atoms. The van der Waals surface area contributed by atoms with Crippen LogP contribution in [0.3, 0.4) is 0 Å².